The molecule has 0 saturated heterocycles. The normalized spacial score (nSPS) is 28.3. The third-order valence-corrected chi connectivity index (χ3v) is 4.41. The number of nitrogens with one attached hydrogen (secondary N) is 1. The second-order valence-electron chi connectivity index (χ2n) is 5.73. The van der Waals surface area contributed by atoms with Gasteiger partial charge >= 0.3 is 0 Å². The van der Waals surface area contributed by atoms with E-state index in [0.29, 0.717) is 25.3 Å². The fourth-order valence-electron chi connectivity index (χ4n) is 3.21. The molecule has 0 aromatic carbocycles. The maximum Gasteiger partial charge on any atom is 0.108 e. The van der Waals surface area contributed by atoms with Gasteiger partial charge in [-0.05, 0) is 39.7 Å². The molecule has 0 bridgehead atoms. The Morgan fingerprint density at radius 1 is 1.45 bits per heavy atom. The van der Waals surface area contributed by atoms with Crippen molar-refractivity contribution in [2.24, 2.45) is 0 Å². The predicted molar refractivity (Wildman–Crippen MR) is 79.6 cm³/mol. The van der Waals surface area contributed by atoms with Crippen LogP contribution in [-0.4, -0.2) is 63.5 Å². The molecule has 5 heteroatoms. The summed E-state index contributed by atoms with van der Waals surface area (Å²) in [6.07, 6.45) is 4.04. The lowest BCUT2D eigenvalue weighted by Crippen LogP contribution is -2.54. The van der Waals surface area contributed by atoms with Crippen LogP contribution in [0.25, 0.3) is 0 Å². The molecular formula is C15H29N3O2. The molecule has 1 aliphatic carbocycles. The third kappa shape index (κ3) is 4.42. The number of rotatable bonds is 8. The van der Waals surface area contributed by atoms with E-state index in [1.807, 2.05) is 7.05 Å². The van der Waals surface area contributed by atoms with Crippen LogP contribution in [0.5, 0.6) is 0 Å². The average Bonchev–Trinajstić information content (AvgIpc) is 2.48. The van der Waals surface area contributed by atoms with Crippen LogP contribution in [-0.2, 0) is 9.47 Å². The summed E-state index contributed by atoms with van der Waals surface area (Å²) in [6, 6.07) is 3.23. The zero-order valence-electron chi connectivity index (χ0n) is 13.3. The summed E-state index contributed by atoms with van der Waals surface area (Å²) in [5.74, 6) is 0. The largest absolute Gasteiger partial charge is 0.383 e. The molecule has 3 unspecified atom stereocenters. The number of ether oxygens (including phenoxy) is 2. The van der Waals surface area contributed by atoms with Crippen LogP contribution in [0.15, 0.2) is 0 Å². The molecule has 0 heterocycles. The van der Waals surface area contributed by atoms with Crippen molar-refractivity contribution in [3.63, 3.8) is 0 Å². The van der Waals surface area contributed by atoms with Crippen LogP contribution in [0.1, 0.15) is 32.6 Å². The molecule has 20 heavy (non-hydrogen) atoms. The van der Waals surface area contributed by atoms with Crippen LogP contribution >= 0.6 is 0 Å². The predicted octanol–water partition coefficient (Wildman–Crippen LogP) is 1.39. The molecular weight excluding hydrogens is 254 g/mol. The number of hydrogen-bond acceptors (Lipinski definition) is 5. The van der Waals surface area contributed by atoms with Gasteiger partial charge in [-0.15, -0.1) is 0 Å². The molecule has 1 aliphatic rings. The summed E-state index contributed by atoms with van der Waals surface area (Å²) in [7, 11) is 5.36. The van der Waals surface area contributed by atoms with Gasteiger partial charge in [-0.1, -0.05) is 0 Å². The fourth-order valence-corrected chi connectivity index (χ4v) is 3.21. The smallest absolute Gasteiger partial charge is 0.108 e. The van der Waals surface area contributed by atoms with Gasteiger partial charge in [-0.2, -0.15) is 5.26 Å². The first-order valence-corrected chi connectivity index (χ1v) is 7.46. The van der Waals surface area contributed by atoms with Crippen molar-refractivity contribution in [2.45, 2.75) is 50.2 Å². The lowest BCUT2D eigenvalue weighted by atomic mass is 9.79. The van der Waals surface area contributed by atoms with Crippen LogP contribution < -0.4 is 5.32 Å². The highest BCUT2D eigenvalue weighted by atomic mass is 16.5. The molecule has 0 aliphatic heterocycles. The summed E-state index contributed by atoms with van der Waals surface area (Å²) in [6.45, 7) is 4.49. The Balaban J connectivity index is 2.76. The van der Waals surface area contributed by atoms with E-state index in [1.54, 1.807) is 14.2 Å². The van der Waals surface area contributed by atoms with Crippen LogP contribution in [0, 0.1) is 11.3 Å². The van der Waals surface area contributed by atoms with Gasteiger partial charge in [-0.25, -0.2) is 0 Å². The number of hydrogen-bond donors (Lipinski definition) is 1. The summed E-state index contributed by atoms with van der Waals surface area (Å²) in [5.41, 5.74) is -0.374. The van der Waals surface area contributed by atoms with Crippen molar-refractivity contribution in [1.29, 1.82) is 5.26 Å². The summed E-state index contributed by atoms with van der Waals surface area (Å²) < 4.78 is 10.5. The lowest BCUT2D eigenvalue weighted by Gasteiger charge is -2.43. The Hall–Kier alpha value is -0.670. The van der Waals surface area contributed by atoms with E-state index in [1.165, 1.54) is 0 Å². The standard InChI is InChI=1S/C15H29N3O2/c1-13(11-20-4)18(8-9-19-3)14-6-5-7-15(10-14,12-16)17-2/h13-14,17H,5-11H2,1-4H3. The molecule has 1 fully saturated rings. The van der Waals surface area contributed by atoms with E-state index in [4.69, 9.17) is 9.47 Å². The maximum atomic E-state index is 9.48. The highest BCUT2D eigenvalue weighted by Crippen LogP contribution is 2.31. The van der Waals surface area contributed by atoms with Crippen LogP contribution in [0.2, 0.25) is 0 Å². The minimum atomic E-state index is -0.374. The molecule has 1 N–H and O–H groups in total. The number of nitrogens with zero attached hydrogens (tertiary/aromatic N) is 2. The Labute approximate surface area is 123 Å². The third-order valence-electron chi connectivity index (χ3n) is 4.41. The number of methoxy groups -OCH3 is 2. The average molecular weight is 283 g/mol. The molecule has 5 nitrogen and oxygen atoms in total. The van der Waals surface area contributed by atoms with Gasteiger partial charge < -0.3 is 14.8 Å². The molecule has 0 amide bonds. The van der Waals surface area contributed by atoms with E-state index in [2.05, 4.69) is 23.2 Å². The zero-order valence-corrected chi connectivity index (χ0v) is 13.3. The summed E-state index contributed by atoms with van der Waals surface area (Å²) in [4.78, 5) is 2.44. The van der Waals surface area contributed by atoms with Crippen molar-refractivity contribution in [3.05, 3.63) is 0 Å². The van der Waals surface area contributed by atoms with Gasteiger partial charge in [0.05, 0.1) is 19.3 Å². The lowest BCUT2D eigenvalue weighted by molar-refractivity contribution is 0.0254. The SMILES string of the molecule is CNC1(C#N)CCCC(N(CCOC)C(C)COC)C1. The van der Waals surface area contributed by atoms with Gasteiger partial charge in [0.25, 0.3) is 0 Å². The maximum absolute atomic E-state index is 9.48. The van der Waals surface area contributed by atoms with Gasteiger partial charge in [0, 0.05) is 32.8 Å². The Kier molecular flexibility index (Phi) is 7.46. The molecule has 3 atom stereocenters. The molecule has 0 aromatic heterocycles. The second kappa shape index (κ2) is 8.58. The Morgan fingerprint density at radius 3 is 2.75 bits per heavy atom. The van der Waals surface area contributed by atoms with Gasteiger partial charge in [0.1, 0.15) is 5.54 Å². The van der Waals surface area contributed by atoms with E-state index in [9.17, 15) is 5.26 Å². The van der Waals surface area contributed by atoms with Gasteiger partial charge in [0.2, 0.25) is 0 Å². The first kappa shape index (κ1) is 17.4. The van der Waals surface area contributed by atoms with Gasteiger partial charge in [-0.3, -0.25) is 4.90 Å². The molecule has 116 valence electrons. The zero-order chi connectivity index (χ0) is 15.0. The highest BCUT2D eigenvalue weighted by Gasteiger charge is 2.38. The summed E-state index contributed by atoms with van der Waals surface area (Å²) in [5, 5.41) is 12.7. The van der Waals surface area contributed by atoms with Crippen molar-refractivity contribution in [3.8, 4) is 6.07 Å². The van der Waals surface area contributed by atoms with Crippen molar-refractivity contribution in [2.75, 3.05) is 41.0 Å². The van der Waals surface area contributed by atoms with Crippen LogP contribution in [0.3, 0.4) is 0 Å². The molecule has 1 rings (SSSR count). The van der Waals surface area contributed by atoms with E-state index >= 15 is 0 Å². The molecule has 0 radical (unpaired) electrons. The molecule has 1 saturated carbocycles. The van der Waals surface area contributed by atoms with E-state index < -0.39 is 0 Å². The van der Waals surface area contributed by atoms with Gasteiger partial charge in [0.15, 0.2) is 0 Å². The fraction of sp³-hybridized carbons (Fsp3) is 0.933. The quantitative estimate of drug-likeness (QED) is 0.729. The topological polar surface area (TPSA) is 57.5 Å². The Bertz CT molecular complexity index is 319. The van der Waals surface area contributed by atoms with E-state index in [0.717, 1.165) is 32.2 Å². The molecule has 0 aromatic rings. The Morgan fingerprint density at radius 2 is 2.20 bits per heavy atom. The second-order valence-corrected chi connectivity index (χ2v) is 5.73. The summed E-state index contributed by atoms with van der Waals surface area (Å²) >= 11 is 0. The monoisotopic (exact) mass is 283 g/mol. The van der Waals surface area contributed by atoms with Crippen molar-refractivity contribution >= 4 is 0 Å². The van der Waals surface area contributed by atoms with Crippen molar-refractivity contribution < 1.29 is 9.47 Å². The minimum Gasteiger partial charge on any atom is -0.383 e. The first-order valence-electron chi connectivity index (χ1n) is 7.46. The minimum absolute atomic E-state index is 0.339. The van der Waals surface area contributed by atoms with Crippen LogP contribution in [0.4, 0.5) is 0 Å². The first-order chi connectivity index (χ1) is 9.62. The van der Waals surface area contributed by atoms with E-state index in [-0.39, 0.29) is 5.54 Å². The molecule has 0 spiro atoms. The highest BCUT2D eigenvalue weighted by molar-refractivity contribution is 5.10. The number of nitriles is 1. The van der Waals surface area contributed by atoms with Crippen molar-refractivity contribution in [1.82, 2.24) is 10.2 Å².